The molecule has 3 N–H and O–H groups in total. The molecule has 2 fully saturated rings. The first-order chi connectivity index (χ1) is 20.9. The van der Waals surface area contributed by atoms with Crippen LogP contribution < -0.4 is 20.3 Å². The maximum atomic E-state index is 13.2. The monoisotopic (exact) mass is 592 g/mol. The Morgan fingerprint density at radius 1 is 1.14 bits per heavy atom. The Bertz CT molecular complexity index is 1400. The lowest BCUT2D eigenvalue weighted by Crippen LogP contribution is -2.46. The van der Waals surface area contributed by atoms with Crippen LogP contribution in [0.1, 0.15) is 33.1 Å². The average Bonchev–Trinajstić information content (AvgIpc) is 3.41. The van der Waals surface area contributed by atoms with Crippen LogP contribution in [-0.4, -0.2) is 114 Å². The molecule has 43 heavy (non-hydrogen) atoms. The molecule has 0 spiro atoms. The molecule has 230 valence electrons. The second-order valence-corrected chi connectivity index (χ2v) is 11.5. The Hall–Kier alpha value is -3.78. The van der Waals surface area contributed by atoms with Crippen LogP contribution >= 0.6 is 0 Å². The van der Waals surface area contributed by atoms with E-state index in [2.05, 4.69) is 59.5 Å². The fourth-order valence-electron chi connectivity index (χ4n) is 5.41. The summed E-state index contributed by atoms with van der Waals surface area (Å²) in [4.78, 5) is 33.1. The number of fused-ring (bicyclic) bond motifs is 1. The highest BCUT2D eigenvalue weighted by Gasteiger charge is 2.24. The Labute approximate surface area is 251 Å². The number of anilines is 2. The van der Waals surface area contributed by atoms with Crippen molar-refractivity contribution in [2.45, 2.75) is 38.6 Å². The standard InChI is InChI=1S/C30H40N8O5/c1-20-27(43-19-32-20)18-42-25-4-3-22-14-37(6-5-21(22)11-25)15-24(39)13-31-29(40)26-12-28(33-23-16-41-17-23)35-30(34-26)38-9-7-36(2)8-10-38/h3-4,11-12,19,23-24,39H,5-10,13-18H2,1-2H3,(H,31,40)(H,33,34,35)/t24-/m0/s1. The zero-order valence-corrected chi connectivity index (χ0v) is 24.8. The minimum atomic E-state index is -0.720. The molecule has 5 heterocycles. The Balaban J connectivity index is 1.01. The summed E-state index contributed by atoms with van der Waals surface area (Å²) >= 11 is 0. The molecule has 0 saturated carbocycles. The van der Waals surface area contributed by atoms with Crippen molar-refractivity contribution in [3.63, 3.8) is 0 Å². The van der Waals surface area contributed by atoms with Crippen LogP contribution in [0.2, 0.25) is 0 Å². The van der Waals surface area contributed by atoms with E-state index in [9.17, 15) is 9.90 Å². The third-order valence-corrected chi connectivity index (χ3v) is 8.17. The lowest BCUT2D eigenvalue weighted by molar-refractivity contribution is 0.0209. The molecule has 1 amide bonds. The van der Waals surface area contributed by atoms with Gasteiger partial charge in [-0.05, 0) is 43.7 Å². The molecule has 1 atom stereocenters. The number of carbonyl (C=O) groups excluding carboxylic acids is 1. The summed E-state index contributed by atoms with van der Waals surface area (Å²) in [5.74, 6) is 2.34. The number of aromatic nitrogens is 3. The summed E-state index contributed by atoms with van der Waals surface area (Å²) in [6, 6.07) is 7.96. The zero-order valence-electron chi connectivity index (χ0n) is 24.8. The van der Waals surface area contributed by atoms with Crippen LogP contribution in [0.3, 0.4) is 0 Å². The predicted molar refractivity (Wildman–Crippen MR) is 159 cm³/mol. The summed E-state index contributed by atoms with van der Waals surface area (Å²) in [6.45, 7) is 8.97. The lowest BCUT2D eigenvalue weighted by Gasteiger charge is -2.33. The lowest BCUT2D eigenvalue weighted by atomic mass is 9.99. The van der Waals surface area contributed by atoms with Crippen molar-refractivity contribution in [2.24, 2.45) is 0 Å². The Kier molecular flexibility index (Phi) is 9.03. The maximum Gasteiger partial charge on any atom is 0.270 e. The van der Waals surface area contributed by atoms with E-state index in [1.54, 1.807) is 6.07 Å². The van der Waals surface area contributed by atoms with Crippen molar-refractivity contribution in [3.8, 4) is 5.75 Å². The van der Waals surface area contributed by atoms with Crippen molar-refractivity contribution < 1.29 is 23.8 Å². The third-order valence-electron chi connectivity index (χ3n) is 8.17. The number of oxazole rings is 1. The molecule has 6 rings (SSSR count). The molecular formula is C30H40N8O5. The third kappa shape index (κ3) is 7.42. The molecule has 13 nitrogen and oxygen atoms in total. The number of carbonyl (C=O) groups is 1. The number of hydrogen-bond donors (Lipinski definition) is 3. The van der Waals surface area contributed by atoms with E-state index in [1.165, 1.54) is 17.5 Å². The summed E-state index contributed by atoms with van der Waals surface area (Å²) < 4.78 is 16.5. The first kappa shape index (κ1) is 29.3. The van der Waals surface area contributed by atoms with E-state index < -0.39 is 6.10 Å². The number of aliphatic hydroxyl groups is 1. The van der Waals surface area contributed by atoms with Crippen molar-refractivity contribution in [2.75, 3.05) is 76.3 Å². The molecule has 0 bridgehead atoms. The number of benzene rings is 1. The van der Waals surface area contributed by atoms with E-state index in [0.29, 0.717) is 38.1 Å². The van der Waals surface area contributed by atoms with E-state index in [1.807, 2.05) is 13.0 Å². The van der Waals surface area contributed by atoms with Crippen LogP contribution in [0.25, 0.3) is 0 Å². The van der Waals surface area contributed by atoms with E-state index in [4.69, 9.17) is 13.9 Å². The molecule has 3 aliphatic rings. The quantitative estimate of drug-likeness (QED) is 0.293. The fourth-order valence-corrected chi connectivity index (χ4v) is 5.41. The number of rotatable bonds is 11. The Morgan fingerprint density at radius 2 is 1.98 bits per heavy atom. The van der Waals surface area contributed by atoms with Gasteiger partial charge in [0.1, 0.15) is 23.9 Å². The number of ether oxygens (including phenoxy) is 2. The molecule has 0 aliphatic carbocycles. The topological polar surface area (TPSA) is 141 Å². The number of likely N-dealkylation sites (N-methyl/N-ethyl adjacent to an activating group) is 1. The second kappa shape index (κ2) is 13.2. The minimum Gasteiger partial charge on any atom is -0.486 e. The van der Waals surface area contributed by atoms with Crippen molar-refractivity contribution in [3.05, 3.63) is 58.9 Å². The van der Waals surface area contributed by atoms with Gasteiger partial charge in [0.15, 0.2) is 12.2 Å². The molecule has 3 aromatic rings. The normalized spacial score (nSPS) is 18.5. The number of nitrogens with one attached hydrogen (secondary N) is 2. The van der Waals surface area contributed by atoms with Gasteiger partial charge in [0.2, 0.25) is 5.95 Å². The van der Waals surface area contributed by atoms with Crippen molar-refractivity contribution >= 4 is 17.7 Å². The number of β-amino-alcohol motifs (C(OH)–C–C–N with tert-alkyl or cyclic N) is 1. The van der Waals surface area contributed by atoms with E-state index in [0.717, 1.165) is 62.9 Å². The predicted octanol–water partition coefficient (Wildman–Crippen LogP) is 1.06. The molecule has 2 aromatic heterocycles. The van der Waals surface area contributed by atoms with Crippen LogP contribution in [0, 0.1) is 6.92 Å². The van der Waals surface area contributed by atoms with Gasteiger partial charge in [0, 0.05) is 58.4 Å². The fraction of sp³-hybridized carbons (Fsp3) is 0.533. The van der Waals surface area contributed by atoms with Crippen molar-refractivity contribution in [1.82, 2.24) is 30.1 Å². The van der Waals surface area contributed by atoms with Gasteiger partial charge in [-0.3, -0.25) is 9.69 Å². The summed E-state index contributed by atoms with van der Waals surface area (Å²) in [5, 5.41) is 17.0. The first-order valence-electron chi connectivity index (χ1n) is 14.9. The molecule has 0 unspecified atom stereocenters. The number of nitrogens with zero attached hydrogens (tertiary/aromatic N) is 6. The van der Waals surface area contributed by atoms with Crippen LogP contribution in [-0.2, 0) is 24.3 Å². The van der Waals surface area contributed by atoms with E-state index in [-0.39, 0.29) is 24.2 Å². The highest BCUT2D eigenvalue weighted by atomic mass is 16.5. The van der Waals surface area contributed by atoms with Gasteiger partial charge in [-0.15, -0.1) is 0 Å². The Morgan fingerprint density at radius 3 is 2.72 bits per heavy atom. The summed E-state index contributed by atoms with van der Waals surface area (Å²) in [7, 11) is 2.09. The second-order valence-electron chi connectivity index (χ2n) is 11.5. The van der Waals surface area contributed by atoms with Gasteiger partial charge >= 0.3 is 0 Å². The molecule has 13 heteroatoms. The SMILES string of the molecule is Cc1ncoc1COc1ccc2c(c1)CCN(C[C@@H](O)CNC(=O)c1cc(NC3COC3)nc(N3CCN(C)CC3)n1)C2. The highest BCUT2D eigenvalue weighted by molar-refractivity contribution is 5.93. The van der Waals surface area contributed by atoms with Crippen LogP contribution in [0.4, 0.5) is 11.8 Å². The highest BCUT2D eigenvalue weighted by Crippen LogP contribution is 2.25. The van der Waals surface area contributed by atoms with Gasteiger partial charge in [-0.25, -0.2) is 9.97 Å². The first-order valence-corrected chi connectivity index (χ1v) is 14.9. The molecule has 0 radical (unpaired) electrons. The zero-order chi connectivity index (χ0) is 29.8. The smallest absolute Gasteiger partial charge is 0.270 e. The number of piperazine rings is 1. The molecule has 2 saturated heterocycles. The number of hydrogen-bond acceptors (Lipinski definition) is 12. The molecule has 1 aromatic carbocycles. The van der Waals surface area contributed by atoms with E-state index >= 15 is 0 Å². The number of amides is 1. The van der Waals surface area contributed by atoms with Gasteiger partial charge in [0.05, 0.1) is 31.1 Å². The van der Waals surface area contributed by atoms with Crippen LogP contribution in [0.15, 0.2) is 35.1 Å². The van der Waals surface area contributed by atoms with Gasteiger partial charge in [-0.1, -0.05) is 6.07 Å². The molecule has 3 aliphatic heterocycles. The molecular weight excluding hydrogens is 552 g/mol. The summed E-state index contributed by atoms with van der Waals surface area (Å²) in [6.07, 6.45) is 1.56. The van der Waals surface area contributed by atoms with Gasteiger partial charge < -0.3 is 39.4 Å². The minimum absolute atomic E-state index is 0.128. The van der Waals surface area contributed by atoms with Gasteiger partial charge in [0.25, 0.3) is 5.91 Å². The van der Waals surface area contributed by atoms with Crippen molar-refractivity contribution in [1.29, 1.82) is 0 Å². The average molecular weight is 593 g/mol. The maximum absolute atomic E-state index is 13.2. The number of aliphatic hydroxyl groups excluding tert-OH is 1. The number of aryl methyl sites for hydroxylation is 1. The van der Waals surface area contributed by atoms with Gasteiger partial charge in [-0.2, -0.15) is 4.98 Å². The summed E-state index contributed by atoms with van der Waals surface area (Å²) in [5.41, 5.74) is 3.56. The van der Waals surface area contributed by atoms with Crippen LogP contribution in [0.5, 0.6) is 5.75 Å². The largest absolute Gasteiger partial charge is 0.486 e.